The van der Waals surface area contributed by atoms with E-state index in [-0.39, 0.29) is 0 Å². The van der Waals surface area contributed by atoms with Crippen molar-refractivity contribution in [3.63, 3.8) is 0 Å². The van der Waals surface area contributed by atoms with Crippen LogP contribution in [-0.4, -0.2) is 13.7 Å². The van der Waals surface area contributed by atoms with E-state index in [9.17, 15) is 0 Å². The van der Waals surface area contributed by atoms with Crippen molar-refractivity contribution in [2.24, 2.45) is 0 Å². The molecule has 8 aromatic carbocycles. The van der Waals surface area contributed by atoms with Crippen molar-refractivity contribution in [3.8, 4) is 28.2 Å². The van der Waals surface area contributed by atoms with Crippen LogP contribution in [-0.2, 0) is 0 Å². The molecule has 0 spiro atoms. The molecule has 0 bridgehead atoms. The Bertz CT molecular complexity index is 3110. The minimum atomic E-state index is 1.14. The van der Waals surface area contributed by atoms with Gasteiger partial charge in [0.2, 0.25) is 0 Å². The van der Waals surface area contributed by atoms with E-state index in [0.717, 1.165) is 17.1 Å². The summed E-state index contributed by atoms with van der Waals surface area (Å²) in [5.74, 6) is 0. The minimum absolute atomic E-state index is 1.14. The molecule has 11 rings (SSSR count). The van der Waals surface area contributed by atoms with Gasteiger partial charge in [-0.1, -0.05) is 127 Å². The lowest BCUT2D eigenvalue weighted by Gasteiger charge is -2.12. The van der Waals surface area contributed by atoms with Gasteiger partial charge in [-0.15, -0.1) is 0 Å². The summed E-state index contributed by atoms with van der Waals surface area (Å²) in [5.41, 5.74) is 13.1. The monoisotopic (exact) mass is 649 g/mol. The van der Waals surface area contributed by atoms with Gasteiger partial charge in [0.05, 0.1) is 33.1 Å². The van der Waals surface area contributed by atoms with Crippen LogP contribution in [0.15, 0.2) is 188 Å². The zero-order valence-corrected chi connectivity index (χ0v) is 27.7. The number of hydrogen-bond acceptors (Lipinski definition) is 0. The predicted octanol–water partition coefficient (Wildman–Crippen LogP) is 12.6. The summed E-state index contributed by atoms with van der Waals surface area (Å²) in [6, 6.07) is 68.3. The van der Waals surface area contributed by atoms with Crippen molar-refractivity contribution >= 4 is 65.4 Å². The third-order valence-electron chi connectivity index (χ3n) is 10.6. The molecule has 0 aliphatic rings. The van der Waals surface area contributed by atoms with Crippen molar-refractivity contribution in [2.75, 3.05) is 0 Å². The molecule has 0 aliphatic heterocycles. The zero-order chi connectivity index (χ0) is 33.5. The van der Waals surface area contributed by atoms with E-state index in [1.54, 1.807) is 0 Å². The molecule has 11 aromatic rings. The molecule has 0 atom stereocenters. The lowest BCUT2D eigenvalue weighted by Crippen LogP contribution is -1.96. The highest BCUT2D eigenvalue weighted by molar-refractivity contribution is 6.33. The molecule has 0 amide bonds. The maximum atomic E-state index is 2.50. The average molecular weight is 650 g/mol. The average Bonchev–Trinajstić information content (AvgIpc) is 3.85. The molecule has 0 saturated carbocycles. The highest BCUT2D eigenvalue weighted by Crippen LogP contribution is 2.46. The van der Waals surface area contributed by atoms with Gasteiger partial charge in [-0.05, 0) is 71.8 Å². The normalized spacial score (nSPS) is 11.9. The number of para-hydroxylation sites is 4. The Morgan fingerprint density at radius 2 is 0.686 bits per heavy atom. The van der Waals surface area contributed by atoms with Crippen LogP contribution in [0.4, 0.5) is 0 Å². The van der Waals surface area contributed by atoms with E-state index < -0.39 is 0 Å². The molecule has 0 radical (unpaired) electrons. The smallest absolute Gasteiger partial charge is 0.0642 e. The fourth-order valence-corrected chi connectivity index (χ4v) is 8.51. The summed E-state index contributed by atoms with van der Waals surface area (Å²) in [6.07, 6.45) is 0. The van der Waals surface area contributed by atoms with Crippen molar-refractivity contribution in [1.82, 2.24) is 13.7 Å². The van der Waals surface area contributed by atoms with Crippen molar-refractivity contribution < 1.29 is 0 Å². The number of hydrogen-bond donors (Lipinski definition) is 0. The molecular weight excluding hydrogens is 619 g/mol. The summed E-state index contributed by atoms with van der Waals surface area (Å²) in [7, 11) is 0. The molecule has 238 valence electrons. The highest BCUT2D eigenvalue weighted by Gasteiger charge is 2.25. The second kappa shape index (κ2) is 10.8. The summed E-state index contributed by atoms with van der Waals surface area (Å²) in [4.78, 5) is 0. The molecule has 3 aromatic heterocycles. The third-order valence-corrected chi connectivity index (χ3v) is 10.6. The maximum Gasteiger partial charge on any atom is 0.0642 e. The summed E-state index contributed by atoms with van der Waals surface area (Å²) >= 11 is 0. The largest absolute Gasteiger partial charge is 0.309 e. The molecule has 0 saturated heterocycles. The first-order valence-electron chi connectivity index (χ1n) is 17.5. The van der Waals surface area contributed by atoms with E-state index in [2.05, 4.69) is 202 Å². The van der Waals surface area contributed by atoms with Gasteiger partial charge in [-0.25, -0.2) is 0 Å². The molecule has 3 heteroatoms. The Kier molecular flexibility index (Phi) is 5.96. The molecule has 0 N–H and O–H groups in total. The second-order valence-electron chi connectivity index (χ2n) is 13.3. The lowest BCUT2D eigenvalue weighted by atomic mass is 10.0. The SMILES string of the molecule is c1ccc(-c2cccc(-n3c4ccccc4c4ccc5c(c6c(ccc7c8ccccc8n(-c8ccccc8)c76)n5-c5ccccc5)c43)c2)cc1. The number of benzene rings is 8. The number of fused-ring (bicyclic) bond motifs is 11. The van der Waals surface area contributed by atoms with Crippen LogP contribution in [0.5, 0.6) is 0 Å². The zero-order valence-electron chi connectivity index (χ0n) is 27.7. The Hall–Kier alpha value is -6.84. The van der Waals surface area contributed by atoms with E-state index >= 15 is 0 Å². The Balaban J connectivity index is 1.40. The quantitative estimate of drug-likeness (QED) is 0.180. The molecular formula is C48H31N3. The fraction of sp³-hybridized carbons (Fsp3) is 0. The van der Waals surface area contributed by atoms with E-state index in [1.807, 2.05) is 0 Å². The van der Waals surface area contributed by atoms with Crippen molar-refractivity contribution in [1.29, 1.82) is 0 Å². The van der Waals surface area contributed by atoms with Gasteiger partial charge in [0.25, 0.3) is 0 Å². The maximum absolute atomic E-state index is 2.50. The summed E-state index contributed by atoms with van der Waals surface area (Å²) < 4.78 is 7.44. The van der Waals surface area contributed by atoms with Crippen LogP contribution in [0, 0.1) is 0 Å². The number of aromatic nitrogens is 3. The van der Waals surface area contributed by atoms with Crippen LogP contribution >= 0.6 is 0 Å². The van der Waals surface area contributed by atoms with Crippen LogP contribution in [0.25, 0.3) is 93.6 Å². The molecule has 0 fully saturated rings. The van der Waals surface area contributed by atoms with Gasteiger partial charge in [0, 0.05) is 49.4 Å². The van der Waals surface area contributed by atoms with Crippen LogP contribution in [0.2, 0.25) is 0 Å². The number of nitrogens with zero attached hydrogens (tertiary/aromatic N) is 3. The van der Waals surface area contributed by atoms with Crippen LogP contribution in [0.1, 0.15) is 0 Å². The van der Waals surface area contributed by atoms with Gasteiger partial charge < -0.3 is 13.7 Å². The lowest BCUT2D eigenvalue weighted by molar-refractivity contribution is 1.17. The van der Waals surface area contributed by atoms with Crippen LogP contribution in [0.3, 0.4) is 0 Å². The van der Waals surface area contributed by atoms with Gasteiger partial charge in [0.1, 0.15) is 0 Å². The van der Waals surface area contributed by atoms with E-state index in [0.29, 0.717) is 0 Å². The topological polar surface area (TPSA) is 14.8 Å². The predicted molar refractivity (Wildman–Crippen MR) is 215 cm³/mol. The Morgan fingerprint density at radius 3 is 1.25 bits per heavy atom. The van der Waals surface area contributed by atoms with E-state index in [4.69, 9.17) is 0 Å². The molecule has 3 nitrogen and oxygen atoms in total. The Labute approximate surface area is 294 Å². The first-order chi connectivity index (χ1) is 25.3. The minimum Gasteiger partial charge on any atom is -0.309 e. The van der Waals surface area contributed by atoms with Gasteiger partial charge >= 0.3 is 0 Å². The van der Waals surface area contributed by atoms with Crippen molar-refractivity contribution in [2.45, 2.75) is 0 Å². The first-order valence-corrected chi connectivity index (χ1v) is 17.5. The second-order valence-corrected chi connectivity index (χ2v) is 13.3. The molecule has 3 heterocycles. The van der Waals surface area contributed by atoms with Gasteiger partial charge in [-0.2, -0.15) is 0 Å². The standard InChI is InChI=1S/C48H31N3/c1-4-15-32(16-5-1)33-17-14-22-36(31-33)51-42-26-13-11-24-38(42)40-28-30-44-46(48(40)51)45-43(49(44)34-18-6-2-7-19-34)29-27-39-37-23-10-12-25-41(37)50(47(39)45)35-20-8-3-9-21-35/h1-31H. The summed E-state index contributed by atoms with van der Waals surface area (Å²) in [6.45, 7) is 0. The Morgan fingerprint density at radius 1 is 0.255 bits per heavy atom. The third kappa shape index (κ3) is 4.00. The fourth-order valence-electron chi connectivity index (χ4n) is 8.51. The molecule has 51 heavy (non-hydrogen) atoms. The summed E-state index contributed by atoms with van der Waals surface area (Å²) in [5, 5.41) is 7.49. The molecule has 0 unspecified atom stereocenters. The van der Waals surface area contributed by atoms with Gasteiger partial charge in [0.15, 0.2) is 0 Å². The first kappa shape index (κ1) is 28.0. The number of rotatable bonds is 4. The molecule has 0 aliphatic carbocycles. The van der Waals surface area contributed by atoms with Crippen LogP contribution < -0.4 is 0 Å². The van der Waals surface area contributed by atoms with Gasteiger partial charge in [-0.3, -0.25) is 0 Å². The van der Waals surface area contributed by atoms with Crippen molar-refractivity contribution in [3.05, 3.63) is 188 Å². The highest BCUT2D eigenvalue weighted by atomic mass is 15.0. The van der Waals surface area contributed by atoms with E-state index in [1.165, 1.54) is 76.5 Å².